The molecule has 4 heteroatoms. The fourth-order valence-corrected chi connectivity index (χ4v) is 3.20. The maximum atomic E-state index is 6.02. The van der Waals surface area contributed by atoms with Gasteiger partial charge in [0.2, 0.25) is 0 Å². The summed E-state index contributed by atoms with van der Waals surface area (Å²) in [6, 6.07) is 14.3. The highest BCUT2D eigenvalue weighted by Crippen LogP contribution is 2.27. The van der Waals surface area contributed by atoms with E-state index in [2.05, 4.69) is 42.0 Å². The minimum absolute atomic E-state index is 0.553. The first-order valence-corrected chi connectivity index (χ1v) is 7.83. The van der Waals surface area contributed by atoms with Gasteiger partial charge in [-0.25, -0.2) is 9.97 Å². The van der Waals surface area contributed by atoms with Gasteiger partial charge in [-0.2, -0.15) is 0 Å². The van der Waals surface area contributed by atoms with Gasteiger partial charge in [-0.3, -0.25) is 0 Å². The molecule has 0 radical (unpaired) electrons. The lowest BCUT2D eigenvalue weighted by Gasteiger charge is -2.08. The number of hydrogen-bond donors (Lipinski definition) is 1. The molecule has 3 nitrogen and oxygen atoms in total. The van der Waals surface area contributed by atoms with Crippen molar-refractivity contribution in [3.63, 3.8) is 0 Å². The fourth-order valence-electron chi connectivity index (χ4n) is 2.22. The van der Waals surface area contributed by atoms with Crippen molar-refractivity contribution in [2.75, 3.05) is 5.73 Å². The minimum atomic E-state index is 0.553. The second-order valence-corrected chi connectivity index (χ2v) is 6.12. The number of aryl methyl sites for hydroxylation is 2. The van der Waals surface area contributed by atoms with Crippen LogP contribution in [0.4, 0.5) is 5.82 Å². The highest BCUT2D eigenvalue weighted by Gasteiger charge is 2.06. The summed E-state index contributed by atoms with van der Waals surface area (Å²) in [7, 11) is 0. The Balaban J connectivity index is 1.87. The number of nitrogens with two attached hydrogens (primary N) is 1. The standard InChI is InChI=1S/C17H17N3S/c1-11-7-8-12(2)15(9-11)21-10-16-19-14-6-4-3-5-13(14)17(18)20-16/h3-9H,10H2,1-2H3,(H2,18,19,20). The molecule has 1 heterocycles. The molecular weight excluding hydrogens is 278 g/mol. The molecule has 3 rings (SSSR count). The number of nitrogen functional groups attached to an aromatic ring is 1. The molecule has 0 amide bonds. The van der Waals surface area contributed by atoms with E-state index in [1.807, 2.05) is 24.3 Å². The van der Waals surface area contributed by atoms with E-state index in [0.29, 0.717) is 5.82 Å². The van der Waals surface area contributed by atoms with Crippen LogP contribution < -0.4 is 5.73 Å². The van der Waals surface area contributed by atoms with Crippen LogP contribution in [0.3, 0.4) is 0 Å². The van der Waals surface area contributed by atoms with Gasteiger partial charge in [0.05, 0.1) is 11.3 Å². The van der Waals surface area contributed by atoms with Crippen LogP contribution >= 0.6 is 11.8 Å². The topological polar surface area (TPSA) is 51.8 Å². The normalized spacial score (nSPS) is 11.0. The predicted octanol–water partition coefficient (Wildman–Crippen LogP) is 4.12. The van der Waals surface area contributed by atoms with Crippen molar-refractivity contribution < 1.29 is 0 Å². The van der Waals surface area contributed by atoms with E-state index in [9.17, 15) is 0 Å². The smallest absolute Gasteiger partial charge is 0.141 e. The van der Waals surface area contributed by atoms with E-state index in [1.54, 1.807) is 11.8 Å². The molecule has 0 aliphatic rings. The summed E-state index contributed by atoms with van der Waals surface area (Å²) < 4.78 is 0. The molecule has 21 heavy (non-hydrogen) atoms. The van der Waals surface area contributed by atoms with Gasteiger partial charge in [0, 0.05) is 10.3 Å². The van der Waals surface area contributed by atoms with Gasteiger partial charge in [0.1, 0.15) is 11.6 Å². The highest BCUT2D eigenvalue weighted by molar-refractivity contribution is 7.98. The molecule has 0 unspecified atom stereocenters. The zero-order valence-corrected chi connectivity index (χ0v) is 12.9. The third-order valence-corrected chi connectivity index (χ3v) is 4.53. The molecule has 0 bridgehead atoms. The average Bonchev–Trinajstić information content (AvgIpc) is 2.48. The Bertz CT molecular complexity index is 799. The van der Waals surface area contributed by atoms with Crippen molar-refractivity contribution in [3.05, 3.63) is 59.4 Å². The van der Waals surface area contributed by atoms with E-state index in [0.717, 1.165) is 22.5 Å². The second-order valence-electron chi connectivity index (χ2n) is 5.10. The summed E-state index contributed by atoms with van der Waals surface area (Å²) in [4.78, 5) is 10.3. The number of rotatable bonds is 3. The van der Waals surface area contributed by atoms with E-state index in [1.165, 1.54) is 16.0 Å². The third-order valence-electron chi connectivity index (χ3n) is 3.38. The van der Waals surface area contributed by atoms with Gasteiger partial charge >= 0.3 is 0 Å². The van der Waals surface area contributed by atoms with Gasteiger partial charge in [0.25, 0.3) is 0 Å². The Morgan fingerprint density at radius 3 is 2.71 bits per heavy atom. The molecular formula is C17H17N3S. The Kier molecular flexibility index (Phi) is 3.80. The lowest BCUT2D eigenvalue weighted by atomic mass is 10.2. The van der Waals surface area contributed by atoms with Crippen LogP contribution in [0.5, 0.6) is 0 Å². The summed E-state index contributed by atoms with van der Waals surface area (Å²) in [5, 5.41) is 0.915. The monoisotopic (exact) mass is 295 g/mol. The zero-order valence-electron chi connectivity index (χ0n) is 12.1. The summed E-state index contributed by atoms with van der Waals surface area (Å²) >= 11 is 1.75. The maximum Gasteiger partial charge on any atom is 0.141 e. The van der Waals surface area contributed by atoms with Crippen LogP contribution in [0.2, 0.25) is 0 Å². The number of fused-ring (bicyclic) bond motifs is 1. The average molecular weight is 295 g/mol. The Morgan fingerprint density at radius 1 is 1.05 bits per heavy atom. The van der Waals surface area contributed by atoms with Crippen LogP contribution in [0.1, 0.15) is 17.0 Å². The van der Waals surface area contributed by atoms with Crippen LogP contribution in [-0.4, -0.2) is 9.97 Å². The summed E-state index contributed by atoms with van der Waals surface area (Å²) in [5.74, 6) is 2.05. The number of benzene rings is 2. The third kappa shape index (κ3) is 3.00. The molecule has 2 N–H and O–H groups in total. The molecule has 0 atom stereocenters. The van der Waals surface area contributed by atoms with Gasteiger partial charge in [-0.15, -0.1) is 11.8 Å². The molecule has 2 aromatic carbocycles. The maximum absolute atomic E-state index is 6.02. The van der Waals surface area contributed by atoms with Gasteiger partial charge in [-0.05, 0) is 37.6 Å². The lowest BCUT2D eigenvalue weighted by molar-refractivity contribution is 1.07. The van der Waals surface area contributed by atoms with Crippen LogP contribution in [0, 0.1) is 13.8 Å². The molecule has 0 saturated carbocycles. The Morgan fingerprint density at radius 2 is 1.86 bits per heavy atom. The molecule has 0 saturated heterocycles. The van der Waals surface area contributed by atoms with Crippen molar-refractivity contribution in [1.29, 1.82) is 0 Å². The first-order valence-electron chi connectivity index (χ1n) is 6.84. The number of aromatic nitrogens is 2. The molecule has 0 aliphatic heterocycles. The van der Waals surface area contributed by atoms with Gasteiger partial charge in [-0.1, -0.05) is 29.8 Å². The molecule has 0 aliphatic carbocycles. The summed E-state index contributed by atoms with van der Waals surface area (Å²) in [5.41, 5.74) is 9.47. The molecule has 0 fully saturated rings. The summed E-state index contributed by atoms with van der Waals surface area (Å²) in [6.45, 7) is 4.23. The van der Waals surface area contributed by atoms with Crippen molar-refractivity contribution >= 4 is 28.5 Å². The number of thioether (sulfide) groups is 1. The Labute approximate surface area is 128 Å². The molecule has 0 spiro atoms. The largest absolute Gasteiger partial charge is 0.383 e. The Hall–Kier alpha value is -2.07. The fraction of sp³-hybridized carbons (Fsp3) is 0.176. The van der Waals surface area contributed by atoms with Crippen molar-refractivity contribution in [2.24, 2.45) is 0 Å². The number of anilines is 1. The number of para-hydroxylation sites is 1. The second kappa shape index (κ2) is 5.74. The first kappa shape index (κ1) is 13.9. The van der Waals surface area contributed by atoms with E-state index >= 15 is 0 Å². The quantitative estimate of drug-likeness (QED) is 0.738. The van der Waals surface area contributed by atoms with Gasteiger partial charge in [0.15, 0.2) is 0 Å². The van der Waals surface area contributed by atoms with Crippen molar-refractivity contribution in [3.8, 4) is 0 Å². The highest BCUT2D eigenvalue weighted by atomic mass is 32.2. The van der Waals surface area contributed by atoms with Crippen LogP contribution in [-0.2, 0) is 5.75 Å². The predicted molar refractivity (Wildman–Crippen MR) is 89.4 cm³/mol. The van der Waals surface area contributed by atoms with Gasteiger partial charge < -0.3 is 5.73 Å². The lowest BCUT2D eigenvalue weighted by Crippen LogP contribution is -2.00. The van der Waals surface area contributed by atoms with Crippen LogP contribution in [0.25, 0.3) is 10.9 Å². The molecule has 3 aromatic rings. The van der Waals surface area contributed by atoms with Crippen molar-refractivity contribution in [2.45, 2.75) is 24.5 Å². The minimum Gasteiger partial charge on any atom is -0.383 e. The summed E-state index contributed by atoms with van der Waals surface area (Å²) in [6.07, 6.45) is 0. The zero-order chi connectivity index (χ0) is 14.8. The van der Waals surface area contributed by atoms with E-state index < -0.39 is 0 Å². The molecule has 106 valence electrons. The number of nitrogens with zero attached hydrogens (tertiary/aromatic N) is 2. The van der Waals surface area contributed by atoms with E-state index in [-0.39, 0.29) is 0 Å². The van der Waals surface area contributed by atoms with Crippen LogP contribution in [0.15, 0.2) is 47.4 Å². The van der Waals surface area contributed by atoms with Crippen molar-refractivity contribution in [1.82, 2.24) is 9.97 Å². The van der Waals surface area contributed by atoms with E-state index in [4.69, 9.17) is 5.73 Å². The first-order chi connectivity index (χ1) is 10.1. The number of hydrogen-bond acceptors (Lipinski definition) is 4. The SMILES string of the molecule is Cc1ccc(C)c(SCc2nc(N)c3ccccc3n2)c1. The molecule has 1 aromatic heterocycles.